The average Bonchev–Trinajstić information content (AvgIpc) is 2.54. The molecular weight excluding hydrogens is 292 g/mol. The van der Waals surface area contributed by atoms with Crippen LogP contribution in [0.25, 0.3) is 0 Å². The second kappa shape index (κ2) is 9.87. The SMILES string of the molecule is CCC(CC)C(=O)NCCNC(=O)COc1cccc(C)c1C. The molecule has 23 heavy (non-hydrogen) atoms. The predicted octanol–water partition coefficient (Wildman–Crippen LogP) is 2.35. The Kier molecular flexibility index (Phi) is 8.16. The summed E-state index contributed by atoms with van der Waals surface area (Å²) in [4.78, 5) is 23.5. The molecule has 128 valence electrons. The van der Waals surface area contributed by atoms with Gasteiger partial charge in [0.2, 0.25) is 5.91 Å². The Morgan fingerprint density at radius 3 is 2.39 bits per heavy atom. The number of hydrogen-bond acceptors (Lipinski definition) is 3. The Bertz CT molecular complexity index is 525. The summed E-state index contributed by atoms with van der Waals surface area (Å²) in [7, 11) is 0. The predicted molar refractivity (Wildman–Crippen MR) is 91.5 cm³/mol. The lowest BCUT2D eigenvalue weighted by Gasteiger charge is -2.13. The third kappa shape index (κ3) is 6.30. The van der Waals surface area contributed by atoms with E-state index in [-0.39, 0.29) is 24.3 Å². The lowest BCUT2D eigenvalue weighted by Crippen LogP contribution is -2.38. The van der Waals surface area contributed by atoms with E-state index < -0.39 is 0 Å². The van der Waals surface area contributed by atoms with Crippen LogP contribution < -0.4 is 15.4 Å². The molecule has 0 bridgehead atoms. The summed E-state index contributed by atoms with van der Waals surface area (Å²) < 4.78 is 5.53. The average molecular weight is 320 g/mol. The summed E-state index contributed by atoms with van der Waals surface area (Å²) in [5, 5.41) is 5.57. The van der Waals surface area contributed by atoms with Crippen molar-refractivity contribution in [2.24, 2.45) is 5.92 Å². The highest BCUT2D eigenvalue weighted by Gasteiger charge is 2.13. The number of rotatable bonds is 9. The molecule has 1 aromatic carbocycles. The second-order valence-corrected chi connectivity index (χ2v) is 5.64. The van der Waals surface area contributed by atoms with Crippen LogP contribution in [0.4, 0.5) is 0 Å². The van der Waals surface area contributed by atoms with E-state index in [2.05, 4.69) is 10.6 Å². The molecule has 0 spiro atoms. The van der Waals surface area contributed by atoms with Crippen molar-refractivity contribution in [3.8, 4) is 5.75 Å². The third-order valence-electron chi connectivity index (χ3n) is 4.02. The van der Waals surface area contributed by atoms with E-state index in [1.54, 1.807) is 0 Å². The van der Waals surface area contributed by atoms with Gasteiger partial charge in [0.05, 0.1) is 0 Å². The first-order valence-corrected chi connectivity index (χ1v) is 8.23. The van der Waals surface area contributed by atoms with Crippen LogP contribution in [0.1, 0.15) is 37.8 Å². The molecule has 0 unspecified atom stereocenters. The van der Waals surface area contributed by atoms with Crippen LogP contribution in [-0.4, -0.2) is 31.5 Å². The maximum atomic E-state index is 11.8. The molecule has 5 nitrogen and oxygen atoms in total. The van der Waals surface area contributed by atoms with Gasteiger partial charge in [-0.05, 0) is 43.9 Å². The highest BCUT2D eigenvalue weighted by Crippen LogP contribution is 2.20. The van der Waals surface area contributed by atoms with Crippen molar-refractivity contribution in [3.63, 3.8) is 0 Å². The van der Waals surface area contributed by atoms with Gasteiger partial charge in [0.25, 0.3) is 5.91 Å². The zero-order valence-corrected chi connectivity index (χ0v) is 14.6. The first-order valence-electron chi connectivity index (χ1n) is 8.23. The Balaban J connectivity index is 2.25. The van der Waals surface area contributed by atoms with Crippen LogP contribution in [0, 0.1) is 19.8 Å². The minimum absolute atomic E-state index is 0.0230. The van der Waals surface area contributed by atoms with E-state index in [9.17, 15) is 9.59 Å². The van der Waals surface area contributed by atoms with Crippen molar-refractivity contribution in [3.05, 3.63) is 29.3 Å². The minimum atomic E-state index is -0.192. The van der Waals surface area contributed by atoms with Gasteiger partial charge < -0.3 is 15.4 Å². The van der Waals surface area contributed by atoms with Crippen LogP contribution >= 0.6 is 0 Å². The summed E-state index contributed by atoms with van der Waals surface area (Å²) in [6, 6.07) is 5.76. The van der Waals surface area contributed by atoms with Crippen molar-refractivity contribution in [2.45, 2.75) is 40.5 Å². The molecule has 0 heterocycles. The Morgan fingerprint density at radius 2 is 1.74 bits per heavy atom. The van der Waals surface area contributed by atoms with Crippen LogP contribution in [0.2, 0.25) is 0 Å². The maximum Gasteiger partial charge on any atom is 0.258 e. The van der Waals surface area contributed by atoms with Gasteiger partial charge in [-0.3, -0.25) is 9.59 Å². The van der Waals surface area contributed by atoms with E-state index in [0.29, 0.717) is 13.1 Å². The Hall–Kier alpha value is -2.04. The lowest BCUT2D eigenvalue weighted by molar-refractivity contribution is -0.126. The summed E-state index contributed by atoms with van der Waals surface area (Å²) in [5.74, 6) is 0.638. The van der Waals surface area contributed by atoms with Crippen molar-refractivity contribution in [1.29, 1.82) is 0 Å². The van der Waals surface area contributed by atoms with Crippen molar-refractivity contribution in [2.75, 3.05) is 19.7 Å². The minimum Gasteiger partial charge on any atom is -0.483 e. The van der Waals surface area contributed by atoms with Crippen LogP contribution in [0.3, 0.4) is 0 Å². The quantitative estimate of drug-likeness (QED) is 0.686. The normalized spacial score (nSPS) is 10.5. The van der Waals surface area contributed by atoms with Gasteiger partial charge in [-0.1, -0.05) is 26.0 Å². The molecule has 2 amide bonds. The summed E-state index contributed by atoms with van der Waals surface area (Å²) >= 11 is 0. The lowest BCUT2D eigenvalue weighted by atomic mass is 10.0. The number of aryl methyl sites for hydroxylation is 1. The highest BCUT2D eigenvalue weighted by atomic mass is 16.5. The van der Waals surface area contributed by atoms with Crippen molar-refractivity contribution in [1.82, 2.24) is 10.6 Å². The standard InChI is InChI=1S/C18H28N2O3/c1-5-15(6-2)18(22)20-11-10-19-17(21)12-23-16-9-7-8-13(3)14(16)4/h7-9,15H,5-6,10-12H2,1-4H3,(H,19,21)(H,20,22). The van der Waals surface area contributed by atoms with Gasteiger partial charge in [-0.15, -0.1) is 0 Å². The topological polar surface area (TPSA) is 67.4 Å². The van der Waals surface area contributed by atoms with Crippen molar-refractivity contribution < 1.29 is 14.3 Å². The fraction of sp³-hybridized carbons (Fsp3) is 0.556. The number of benzene rings is 1. The number of ether oxygens (including phenoxy) is 1. The molecule has 0 aliphatic rings. The van der Waals surface area contributed by atoms with Gasteiger partial charge in [0.1, 0.15) is 5.75 Å². The molecule has 1 aromatic rings. The number of amides is 2. The smallest absolute Gasteiger partial charge is 0.258 e. The monoisotopic (exact) mass is 320 g/mol. The zero-order valence-electron chi connectivity index (χ0n) is 14.6. The molecule has 0 aliphatic heterocycles. The Labute approximate surface area is 138 Å². The molecule has 0 radical (unpaired) electrons. The van der Waals surface area contributed by atoms with Gasteiger partial charge in [0.15, 0.2) is 6.61 Å². The molecule has 0 aromatic heterocycles. The second-order valence-electron chi connectivity index (χ2n) is 5.64. The number of carbonyl (C=O) groups excluding carboxylic acids is 2. The van der Waals surface area contributed by atoms with Crippen LogP contribution in [-0.2, 0) is 9.59 Å². The molecule has 0 saturated heterocycles. The molecule has 0 atom stereocenters. The molecule has 2 N–H and O–H groups in total. The molecule has 0 aliphatic carbocycles. The zero-order chi connectivity index (χ0) is 17.2. The van der Waals surface area contributed by atoms with Crippen molar-refractivity contribution >= 4 is 11.8 Å². The molecule has 5 heteroatoms. The molecular formula is C18H28N2O3. The van der Waals surface area contributed by atoms with E-state index in [1.165, 1.54) is 0 Å². The third-order valence-corrected chi connectivity index (χ3v) is 4.02. The summed E-state index contributed by atoms with van der Waals surface area (Å²) in [5.41, 5.74) is 2.17. The number of nitrogens with one attached hydrogen (secondary N) is 2. The fourth-order valence-electron chi connectivity index (χ4n) is 2.27. The van der Waals surface area contributed by atoms with Gasteiger partial charge in [-0.25, -0.2) is 0 Å². The Morgan fingerprint density at radius 1 is 1.09 bits per heavy atom. The maximum absolute atomic E-state index is 11.8. The molecule has 1 rings (SSSR count). The van der Waals surface area contributed by atoms with E-state index >= 15 is 0 Å². The van der Waals surface area contributed by atoms with Crippen LogP contribution in [0.15, 0.2) is 18.2 Å². The fourth-order valence-corrected chi connectivity index (χ4v) is 2.27. The number of hydrogen-bond donors (Lipinski definition) is 2. The first kappa shape index (κ1) is 19.0. The first-order chi connectivity index (χ1) is 11.0. The van der Waals surface area contributed by atoms with E-state index in [4.69, 9.17) is 4.74 Å². The van der Waals surface area contributed by atoms with Crippen LogP contribution in [0.5, 0.6) is 5.75 Å². The molecule has 0 saturated carbocycles. The summed E-state index contributed by atoms with van der Waals surface area (Å²) in [6.07, 6.45) is 1.66. The highest BCUT2D eigenvalue weighted by molar-refractivity contribution is 5.79. The largest absolute Gasteiger partial charge is 0.483 e. The molecule has 0 fully saturated rings. The van der Waals surface area contributed by atoms with E-state index in [0.717, 1.165) is 29.7 Å². The van der Waals surface area contributed by atoms with Gasteiger partial charge in [-0.2, -0.15) is 0 Å². The van der Waals surface area contributed by atoms with Gasteiger partial charge >= 0.3 is 0 Å². The number of carbonyl (C=O) groups is 2. The summed E-state index contributed by atoms with van der Waals surface area (Å²) in [6.45, 7) is 8.79. The van der Waals surface area contributed by atoms with E-state index in [1.807, 2.05) is 45.9 Å². The van der Waals surface area contributed by atoms with Gasteiger partial charge in [0, 0.05) is 19.0 Å².